The standard InChI is InChI=1S/C37H54N2O14/c1-16-27(39-17(2)41)31(28(44)25(15-40)50-16)52-36-30(46)29(45)32(49-4)33(53-36)35(48)38-12-10-26(43)51-19-6-8-20-18(13-19)5-7-22-21(20)9-11-37(3)23(22)14-24(42)34(37)47/h6,8,13,16,21-25,27-34,36,40,42,44-47H,5,7,9-12,14-15H2,1-4H3,(H,38,48)(H,39,41)/t16?,21-,22-,23+,24-,25?,27?,28?,29?,30?,31?,32?,33?,34+,36?,37+/m1/s1. The van der Waals surface area contributed by atoms with Crippen LogP contribution >= 0.6 is 0 Å². The molecule has 2 amide bonds. The number of carbonyl (C=O) groups is 3. The molecule has 1 aromatic rings. The van der Waals surface area contributed by atoms with E-state index in [-0.39, 0.29) is 24.3 Å². The van der Waals surface area contributed by atoms with Crippen LogP contribution in [0.2, 0.25) is 0 Å². The maximum atomic E-state index is 13.3. The Morgan fingerprint density at radius 2 is 1.77 bits per heavy atom. The first-order chi connectivity index (χ1) is 25.2. The van der Waals surface area contributed by atoms with E-state index >= 15 is 0 Å². The number of fused-ring (bicyclic) bond motifs is 5. The van der Waals surface area contributed by atoms with E-state index in [4.69, 9.17) is 23.7 Å². The Labute approximate surface area is 308 Å². The van der Waals surface area contributed by atoms with Crippen LogP contribution in [0.4, 0.5) is 0 Å². The molecule has 8 N–H and O–H groups in total. The zero-order valence-electron chi connectivity index (χ0n) is 30.5. The highest BCUT2D eigenvalue weighted by Crippen LogP contribution is 2.61. The number of aliphatic hydroxyl groups is 6. The molecule has 1 aromatic carbocycles. The predicted molar refractivity (Wildman–Crippen MR) is 183 cm³/mol. The Morgan fingerprint density at radius 3 is 2.47 bits per heavy atom. The van der Waals surface area contributed by atoms with Gasteiger partial charge in [0, 0.05) is 20.6 Å². The fraction of sp³-hybridized carbons (Fsp3) is 0.757. The van der Waals surface area contributed by atoms with Crippen molar-refractivity contribution < 1.29 is 68.7 Å². The van der Waals surface area contributed by atoms with Gasteiger partial charge in [-0.05, 0) is 85.5 Å². The van der Waals surface area contributed by atoms with E-state index in [1.807, 2.05) is 12.1 Å². The summed E-state index contributed by atoms with van der Waals surface area (Å²) < 4.78 is 28.2. The van der Waals surface area contributed by atoms with Crippen LogP contribution in [0.5, 0.6) is 5.75 Å². The molecule has 6 rings (SSSR count). The maximum absolute atomic E-state index is 13.3. The number of aliphatic hydroxyl groups excluding tert-OH is 6. The molecule has 0 bridgehead atoms. The number of ether oxygens (including phenoxy) is 5. The molecule has 2 heterocycles. The van der Waals surface area contributed by atoms with E-state index in [1.54, 1.807) is 13.0 Å². The lowest BCUT2D eigenvalue weighted by atomic mass is 9.55. The number of hydrogen-bond acceptors (Lipinski definition) is 14. The highest BCUT2D eigenvalue weighted by molar-refractivity contribution is 5.82. The molecule has 2 aliphatic heterocycles. The summed E-state index contributed by atoms with van der Waals surface area (Å²) in [7, 11) is 1.22. The molecule has 16 heteroatoms. The molecule has 0 spiro atoms. The van der Waals surface area contributed by atoms with Crippen molar-refractivity contribution >= 4 is 17.8 Å². The Bertz CT molecular complexity index is 1500. The van der Waals surface area contributed by atoms with Crippen molar-refractivity contribution in [3.8, 4) is 5.75 Å². The van der Waals surface area contributed by atoms with Gasteiger partial charge in [0.2, 0.25) is 5.91 Å². The van der Waals surface area contributed by atoms with Crippen molar-refractivity contribution in [2.75, 3.05) is 20.3 Å². The monoisotopic (exact) mass is 750 g/mol. The molecule has 2 saturated heterocycles. The molecule has 296 valence electrons. The van der Waals surface area contributed by atoms with Crippen molar-refractivity contribution in [1.82, 2.24) is 10.6 Å². The Balaban J connectivity index is 1.04. The highest BCUT2D eigenvalue weighted by atomic mass is 16.7. The van der Waals surface area contributed by atoms with Gasteiger partial charge in [-0.15, -0.1) is 0 Å². The number of hydrogen-bond donors (Lipinski definition) is 8. The molecule has 16 nitrogen and oxygen atoms in total. The van der Waals surface area contributed by atoms with Gasteiger partial charge in [0.15, 0.2) is 12.4 Å². The molecule has 3 aliphatic carbocycles. The van der Waals surface area contributed by atoms with Gasteiger partial charge in [0.25, 0.3) is 5.91 Å². The predicted octanol–water partition coefficient (Wildman–Crippen LogP) is -1.22. The second-order valence-corrected chi connectivity index (χ2v) is 15.6. The number of nitrogens with one attached hydrogen (secondary N) is 2. The third kappa shape index (κ3) is 7.72. The summed E-state index contributed by atoms with van der Waals surface area (Å²) in [5, 5.41) is 68.7. The molecule has 4 fully saturated rings. The second kappa shape index (κ2) is 16.1. The van der Waals surface area contributed by atoms with Crippen LogP contribution in [-0.4, -0.2) is 142 Å². The number of carbonyl (C=O) groups excluding carboxylic acids is 3. The summed E-state index contributed by atoms with van der Waals surface area (Å²) in [6.45, 7) is 4.24. The van der Waals surface area contributed by atoms with Crippen LogP contribution < -0.4 is 15.4 Å². The van der Waals surface area contributed by atoms with E-state index in [0.717, 1.165) is 31.2 Å². The highest BCUT2D eigenvalue weighted by Gasteiger charge is 2.58. The van der Waals surface area contributed by atoms with Crippen LogP contribution in [0.15, 0.2) is 18.2 Å². The Morgan fingerprint density at radius 1 is 1.02 bits per heavy atom. The number of aryl methyl sites for hydroxylation is 1. The van der Waals surface area contributed by atoms with Crippen molar-refractivity contribution in [2.45, 2.75) is 139 Å². The van der Waals surface area contributed by atoms with Gasteiger partial charge in [-0.1, -0.05) is 13.0 Å². The first kappa shape index (κ1) is 39.9. The maximum Gasteiger partial charge on any atom is 0.312 e. The Kier molecular flexibility index (Phi) is 12.2. The average molecular weight is 751 g/mol. The van der Waals surface area contributed by atoms with Crippen molar-refractivity contribution in [2.24, 2.45) is 17.3 Å². The molecular weight excluding hydrogens is 696 g/mol. The molecule has 10 unspecified atom stereocenters. The fourth-order valence-corrected chi connectivity index (χ4v) is 9.64. The Hall–Kier alpha value is -2.77. The quantitative estimate of drug-likeness (QED) is 0.103. The first-order valence-electron chi connectivity index (χ1n) is 18.6. The lowest BCUT2D eigenvalue weighted by molar-refractivity contribution is -0.325. The number of rotatable bonds is 10. The summed E-state index contributed by atoms with van der Waals surface area (Å²) in [5.74, 6) is -0.482. The van der Waals surface area contributed by atoms with Crippen molar-refractivity contribution in [3.63, 3.8) is 0 Å². The molecule has 0 aromatic heterocycles. The van der Waals surface area contributed by atoms with Gasteiger partial charge in [-0.2, -0.15) is 0 Å². The van der Waals surface area contributed by atoms with Crippen LogP contribution in [0.3, 0.4) is 0 Å². The molecule has 5 aliphatic rings. The summed E-state index contributed by atoms with van der Waals surface area (Å²) in [5.41, 5.74) is 2.06. The summed E-state index contributed by atoms with van der Waals surface area (Å²) in [4.78, 5) is 38.1. The normalized spacial score (nSPS) is 42.1. The third-order valence-electron chi connectivity index (χ3n) is 12.4. The van der Waals surface area contributed by atoms with Crippen LogP contribution in [-0.2, 0) is 39.8 Å². The van der Waals surface area contributed by atoms with Gasteiger partial charge >= 0.3 is 5.97 Å². The van der Waals surface area contributed by atoms with Crippen LogP contribution in [0.25, 0.3) is 0 Å². The van der Waals surface area contributed by atoms with Gasteiger partial charge < -0.3 is 65.0 Å². The molecule has 16 atom stereocenters. The molecular formula is C37H54N2O14. The van der Waals surface area contributed by atoms with E-state index in [9.17, 15) is 45.0 Å². The van der Waals surface area contributed by atoms with Gasteiger partial charge in [-0.25, -0.2) is 0 Å². The fourth-order valence-electron chi connectivity index (χ4n) is 9.64. The molecule has 2 saturated carbocycles. The lowest BCUT2D eigenvalue weighted by Crippen LogP contribution is -2.68. The zero-order chi connectivity index (χ0) is 38.4. The summed E-state index contributed by atoms with van der Waals surface area (Å²) >= 11 is 0. The summed E-state index contributed by atoms with van der Waals surface area (Å²) in [6.07, 6.45) is -9.98. The number of esters is 1. The minimum absolute atomic E-state index is 0.149. The topological polar surface area (TPSA) is 243 Å². The molecule has 53 heavy (non-hydrogen) atoms. The molecule has 0 radical (unpaired) electrons. The third-order valence-corrected chi connectivity index (χ3v) is 12.4. The first-order valence-corrected chi connectivity index (χ1v) is 18.6. The second-order valence-electron chi connectivity index (χ2n) is 15.6. The van der Waals surface area contributed by atoms with Crippen LogP contribution in [0, 0.1) is 17.3 Å². The average Bonchev–Trinajstić information content (AvgIpc) is 3.36. The van der Waals surface area contributed by atoms with E-state index < -0.39 is 97.8 Å². The van der Waals surface area contributed by atoms with E-state index in [0.29, 0.717) is 24.0 Å². The van der Waals surface area contributed by atoms with Crippen molar-refractivity contribution in [1.29, 1.82) is 0 Å². The SMILES string of the molecule is COC1C(C(=O)NCCC(=O)Oc2ccc3c(c2)CC[C@@H]2[C@@H]3CC[C@]3(C)[C@@H](O)[C@H](O)C[C@@H]23)OC(OC2C(O)C(CO)OC(C)C2NC(C)=O)C(O)C1O. The minimum Gasteiger partial charge on any atom is -0.426 e. The van der Waals surface area contributed by atoms with Crippen molar-refractivity contribution in [3.05, 3.63) is 29.3 Å². The summed E-state index contributed by atoms with van der Waals surface area (Å²) in [6, 6.07) is 4.72. The largest absolute Gasteiger partial charge is 0.426 e. The van der Waals surface area contributed by atoms with Gasteiger partial charge in [0.1, 0.15) is 42.4 Å². The number of amides is 2. The lowest BCUT2D eigenvalue weighted by Gasteiger charge is -2.49. The van der Waals surface area contributed by atoms with E-state index in [1.165, 1.54) is 19.6 Å². The number of methoxy groups -OCH3 is 1. The smallest absolute Gasteiger partial charge is 0.312 e. The van der Waals surface area contributed by atoms with Gasteiger partial charge in [0.05, 0.1) is 37.4 Å². The minimum atomic E-state index is -1.74. The van der Waals surface area contributed by atoms with E-state index in [2.05, 4.69) is 17.6 Å². The van der Waals surface area contributed by atoms with Crippen LogP contribution in [0.1, 0.15) is 69.9 Å². The van der Waals surface area contributed by atoms with Gasteiger partial charge in [-0.3, -0.25) is 14.4 Å². The number of benzene rings is 1. The zero-order valence-corrected chi connectivity index (χ0v) is 30.5.